The number of hydrogen-bond acceptors (Lipinski definition) is 6. The molecular weight excluding hydrogens is 480 g/mol. The van der Waals surface area contributed by atoms with Gasteiger partial charge < -0.3 is 25.0 Å². The zero-order valence-electron chi connectivity index (χ0n) is 22.3. The Bertz CT molecular complexity index is 1150. The van der Waals surface area contributed by atoms with Gasteiger partial charge in [0.15, 0.2) is 6.29 Å². The van der Waals surface area contributed by atoms with E-state index in [9.17, 15) is 15.0 Å². The molecule has 0 radical (unpaired) electrons. The van der Waals surface area contributed by atoms with Gasteiger partial charge in [0.05, 0.1) is 24.9 Å². The average molecular weight is 519 g/mol. The van der Waals surface area contributed by atoms with E-state index in [4.69, 9.17) is 9.47 Å². The van der Waals surface area contributed by atoms with Crippen LogP contribution in [-0.2, 0) is 27.4 Å². The van der Waals surface area contributed by atoms with E-state index in [1.54, 1.807) is 0 Å². The fraction of sp³-hybridized carbons (Fsp3) is 0.387. The zero-order valence-corrected chi connectivity index (χ0v) is 22.3. The first-order valence-electron chi connectivity index (χ1n) is 13.1. The van der Waals surface area contributed by atoms with Crippen molar-refractivity contribution in [3.63, 3.8) is 0 Å². The molecule has 38 heavy (non-hydrogen) atoms. The maximum absolute atomic E-state index is 11.3. The van der Waals surface area contributed by atoms with Crippen molar-refractivity contribution in [3.05, 3.63) is 107 Å². The van der Waals surface area contributed by atoms with Gasteiger partial charge in [0.1, 0.15) is 0 Å². The lowest BCUT2D eigenvalue weighted by molar-refractivity contribution is -0.253. The molecule has 1 aliphatic rings. The number of carbonyl (C=O) groups excluding carboxylic acids is 1. The molecule has 1 aliphatic heterocycles. The summed E-state index contributed by atoms with van der Waals surface area (Å²) in [6.07, 6.45) is -0.837. The number of nitrogens with zero attached hydrogens (tertiary/aromatic N) is 1. The van der Waals surface area contributed by atoms with E-state index >= 15 is 0 Å². The third kappa shape index (κ3) is 7.28. The highest BCUT2D eigenvalue weighted by molar-refractivity contribution is 5.72. The molecule has 1 amide bonds. The number of likely N-dealkylation sites (N-methyl/N-ethyl adjacent to an activating group) is 1. The standard InChI is InChI=1S/C31H38N2O5/c1-21(30(36)26-7-5-4-6-8-26)33(3)19-28-17-29(25-13-11-24(20-34)12-14-25)38-31(37-28)27-15-9-23(10-16-27)18-32-22(2)35/h4-16,21,28-31,34,36H,17-20H2,1-3H3,(H,32,35)/t21-,28-,29+,30-,31+/m1/s1. The molecule has 1 heterocycles. The second-order valence-electron chi connectivity index (χ2n) is 10.0. The number of hydrogen-bond donors (Lipinski definition) is 3. The van der Waals surface area contributed by atoms with Crippen LogP contribution in [-0.4, -0.2) is 46.8 Å². The topological polar surface area (TPSA) is 91.3 Å². The van der Waals surface area contributed by atoms with E-state index in [-0.39, 0.29) is 30.8 Å². The molecule has 3 aromatic carbocycles. The lowest BCUT2D eigenvalue weighted by atomic mass is 9.98. The second-order valence-corrected chi connectivity index (χ2v) is 10.0. The number of ether oxygens (including phenoxy) is 2. The van der Waals surface area contributed by atoms with Crippen molar-refractivity contribution < 1.29 is 24.5 Å². The lowest BCUT2D eigenvalue weighted by Gasteiger charge is -2.39. The van der Waals surface area contributed by atoms with Crippen molar-refractivity contribution in [3.8, 4) is 0 Å². The molecule has 0 spiro atoms. The normalized spacial score (nSPS) is 21.2. The third-order valence-corrected chi connectivity index (χ3v) is 7.19. The quantitative estimate of drug-likeness (QED) is 0.368. The van der Waals surface area contributed by atoms with Gasteiger partial charge in [0.2, 0.25) is 5.91 Å². The van der Waals surface area contributed by atoms with E-state index < -0.39 is 12.4 Å². The number of amides is 1. The lowest BCUT2D eigenvalue weighted by Crippen LogP contribution is -2.43. The monoisotopic (exact) mass is 518 g/mol. The van der Waals surface area contributed by atoms with Crippen LogP contribution in [0, 0.1) is 0 Å². The average Bonchev–Trinajstić information content (AvgIpc) is 2.95. The molecule has 7 heteroatoms. The van der Waals surface area contributed by atoms with Crippen LogP contribution < -0.4 is 5.32 Å². The van der Waals surface area contributed by atoms with Crippen molar-refractivity contribution in [2.24, 2.45) is 0 Å². The first-order chi connectivity index (χ1) is 18.3. The van der Waals surface area contributed by atoms with Gasteiger partial charge in [-0.3, -0.25) is 9.69 Å². The number of aliphatic hydroxyl groups is 2. The number of rotatable bonds is 10. The van der Waals surface area contributed by atoms with E-state index in [0.29, 0.717) is 19.5 Å². The number of nitrogens with one attached hydrogen (secondary N) is 1. The van der Waals surface area contributed by atoms with Crippen molar-refractivity contribution in [2.45, 2.75) is 64.1 Å². The summed E-state index contributed by atoms with van der Waals surface area (Å²) >= 11 is 0. The Balaban J connectivity index is 1.50. The second kappa shape index (κ2) is 13.1. The van der Waals surface area contributed by atoms with Crippen LogP contribution in [0.2, 0.25) is 0 Å². The molecule has 0 aliphatic carbocycles. The molecule has 5 atom stereocenters. The molecular formula is C31H38N2O5. The summed E-state index contributed by atoms with van der Waals surface area (Å²) in [6, 6.07) is 25.3. The smallest absolute Gasteiger partial charge is 0.217 e. The molecule has 0 unspecified atom stereocenters. The summed E-state index contributed by atoms with van der Waals surface area (Å²) in [5.41, 5.74) is 4.67. The maximum Gasteiger partial charge on any atom is 0.217 e. The van der Waals surface area contributed by atoms with Crippen LogP contribution in [0.4, 0.5) is 0 Å². The number of benzene rings is 3. The van der Waals surface area contributed by atoms with Crippen LogP contribution in [0.5, 0.6) is 0 Å². The fourth-order valence-corrected chi connectivity index (χ4v) is 4.71. The van der Waals surface area contributed by atoms with Crippen LogP contribution in [0.25, 0.3) is 0 Å². The molecule has 3 N–H and O–H groups in total. The van der Waals surface area contributed by atoms with Crippen LogP contribution in [0.3, 0.4) is 0 Å². The van der Waals surface area contributed by atoms with Crippen LogP contribution in [0.1, 0.15) is 66.6 Å². The molecule has 7 nitrogen and oxygen atoms in total. The first-order valence-corrected chi connectivity index (χ1v) is 13.1. The number of carbonyl (C=O) groups is 1. The predicted octanol–water partition coefficient (Wildman–Crippen LogP) is 4.41. The van der Waals surface area contributed by atoms with Crippen molar-refractivity contribution in [1.82, 2.24) is 10.2 Å². The molecule has 1 fully saturated rings. The molecule has 3 aromatic rings. The summed E-state index contributed by atoms with van der Waals surface area (Å²) in [6.45, 7) is 4.61. The van der Waals surface area contributed by atoms with Crippen LogP contribution >= 0.6 is 0 Å². The summed E-state index contributed by atoms with van der Waals surface area (Å²) in [5.74, 6) is -0.0679. The van der Waals surface area contributed by atoms with Crippen LogP contribution in [0.15, 0.2) is 78.9 Å². The third-order valence-electron chi connectivity index (χ3n) is 7.19. The van der Waals surface area contributed by atoms with Gasteiger partial charge in [-0.25, -0.2) is 0 Å². The van der Waals surface area contributed by atoms with Gasteiger partial charge in [-0.05, 0) is 36.2 Å². The highest BCUT2D eigenvalue weighted by Gasteiger charge is 2.34. The van der Waals surface area contributed by atoms with Crippen molar-refractivity contribution >= 4 is 5.91 Å². The summed E-state index contributed by atoms with van der Waals surface area (Å²) < 4.78 is 12.9. The van der Waals surface area contributed by atoms with Gasteiger partial charge in [-0.15, -0.1) is 0 Å². The molecule has 0 aromatic heterocycles. The minimum absolute atomic E-state index is 0.00256. The van der Waals surface area contributed by atoms with Gasteiger partial charge in [0.25, 0.3) is 0 Å². The van der Waals surface area contributed by atoms with E-state index in [1.807, 2.05) is 92.8 Å². The fourth-order valence-electron chi connectivity index (χ4n) is 4.71. The zero-order chi connectivity index (χ0) is 27.1. The highest BCUT2D eigenvalue weighted by atomic mass is 16.7. The highest BCUT2D eigenvalue weighted by Crippen LogP contribution is 2.38. The van der Waals surface area contributed by atoms with Gasteiger partial charge >= 0.3 is 0 Å². The molecule has 4 rings (SSSR count). The maximum atomic E-state index is 11.3. The Morgan fingerprint density at radius 2 is 1.61 bits per heavy atom. The van der Waals surface area contributed by atoms with E-state index in [0.717, 1.165) is 27.8 Å². The van der Waals surface area contributed by atoms with Gasteiger partial charge in [-0.2, -0.15) is 0 Å². The minimum Gasteiger partial charge on any atom is -0.392 e. The van der Waals surface area contributed by atoms with E-state index in [1.165, 1.54) is 6.92 Å². The minimum atomic E-state index is -0.616. The SMILES string of the molecule is CC(=O)NCc1ccc([C@H]2O[C@@H](CN(C)[C@H](C)[C@@H](O)c3ccccc3)C[C@@H](c3ccc(CO)cc3)O2)cc1. The molecule has 1 saturated heterocycles. The van der Waals surface area contributed by atoms with Crippen molar-refractivity contribution in [2.75, 3.05) is 13.6 Å². The predicted molar refractivity (Wildman–Crippen MR) is 146 cm³/mol. The molecule has 202 valence electrons. The first kappa shape index (κ1) is 28.0. The summed E-state index contributed by atoms with van der Waals surface area (Å²) in [4.78, 5) is 13.4. The molecule has 0 bridgehead atoms. The Kier molecular flexibility index (Phi) is 9.66. The number of aliphatic hydroxyl groups excluding tert-OH is 2. The Hall–Kier alpha value is -3.07. The summed E-state index contributed by atoms with van der Waals surface area (Å²) in [7, 11) is 2.01. The Labute approximate surface area is 225 Å². The van der Waals surface area contributed by atoms with Crippen molar-refractivity contribution in [1.29, 1.82) is 0 Å². The van der Waals surface area contributed by atoms with Gasteiger partial charge in [-0.1, -0.05) is 78.9 Å². The Morgan fingerprint density at radius 1 is 0.974 bits per heavy atom. The largest absolute Gasteiger partial charge is 0.392 e. The molecule has 0 saturated carbocycles. The van der Waals surface area contributed by atoms with Gasteiger partial charge in [0, 0.05) is 38.0 Å². The van der Waals surface area contributed by atoms with E-state index in [2.05, 4.69) is 10.2 Å². The Morgan fingerprint density at radius 3 is 2.24 bits per heavy atom. The summed E-state index contributed by atoms with van der Waals surface area (Å²) in [5, 5.41) is 23.2.